The lowest BCUT2D eigenvalue weighted by Gasteiger charge is -2.20. The summed E-state index contributed by atoms with van der Waals surface area (Å²) in [6, 6.07) is 2.95. The zero-order chi connectivity index (χ0) is 16.1. The number of carbonyl (C=O) groups excluding carboxylic acids is 1. The number of anilines is 1. The SMILES string of the molecule is CC1CC(c2ccc(O)c(N3CC(=O)NS3(=O)=O)c2F)CN1. The lowest BCUT2D eigenvalue weighted by Crippen LogP contribution is -2.30. The van der Waals surface area contributed by atoms with E-state index in [1.165, 1.54) is 12.1 Å². The predicted molar refractivity (Wildman–Crippen MR) is 77.3 cm³/mol. The summed E-state index contributed by atoms with van der Waals surface area (Å²) in [6.07, 6.45) is 0.713. The zero-order valence-electron chi connectivity index (χ0n) is 11.8. The van der Waals surface area contributed by atoms with Crippen molar-refractivity contribution in [3.63, 3.8) is 0 Å². The summed E-state index contributed by atoms with van der Waals surface area (Å²) in [6.45, 7) is 2.01. The van der Waals surface area contributed by atoms with Crippen LogP contribution in [0.1, 0.15) is 24.8 Å². The molecule has 2 unspecified atom stereocenters. The first-order valence-corrected chi connectivity index (χ1v) is 8.31. The minimum atomic E-state index is -4.17. The van der Waals surface area contributed by atoms with Crippen molar-refractivity contribution < 1.29 is 22.7 Å². The Labute approximate surface area is 127 Å². The van der Waals surface area contributed by atoms with E-state index < -0.39 is 39.9 Å². The first-order chi connectivity index (χ1) is 10.3. The first kappa shape index (κ1) is 15.0. The quantitative estimate of drug-likeness (QED) is 0.719. The van der Waals surface area contributed by atoms with E-state index in [-0.39, 0.29) is 12.0 Å². The molecule has 2 heterocycles. The van der Waals surface area contributed by atoms with Gasteiger partial charge in [-0.15, -0.1) is 0 Å². The summed E-state index contributed by atoms with van der Waals surface area (Å²) in [4.78, 5) is 11.3. The molecule has 0 aromatic heterocycles. The summed E-state index contributed by atoms with van der Waals surface area (Å²) in [5.41, 5.74) is -0.144. The van der Waals surface area contributed by atoms with Crippen molar-refractivity contribution in [3.8, 4) is 5.75 Å². The Morgan fingerprint density at radius 1 is 1.41 bits per heavy atom. The molecule has 3 N–H and O–H groups in total. The van der Waals surface area contributed by atoms with Gasteiger partial charge in [0.15, 0.2) is 5.82 Å². The summed E-state index contributed by atoms with van der Waals surface area (Å²) in [5.74, 6) is -2.19. The van der Waals surface area contributed by atoms with Crippen LogP contribution in [0.25, 0.3) is 0 Å². The van der Waals surface area contributed by atoms with Gasteiger partial charge in [0.05, 0.1) is 0 Å². The second-order valence-electron chi connectivity index (χ2n) is 5.62. The van der Waals surface area contributed by atoms with Gasteiger partial charge in [0.1, 0.15) is 18.0 Å². The highest BCUT2D eigenvalue weighted by atomic mass is 32.2. The van der Waals surface area contributed by atoms with Crippen LogP contribution < -0.4 is 14.3 Å². The lowest BCUT2D eigenvalue weighted by molar-refractivity contribution is -0.117. The van der Waals surface area contributed by atoms with Crippen molar-refractivity contribution in [2.45, 2.75) is 25.3 Å². The van der Waals surface area contributed by atoms with E-state index in [0.29, 0.717) is 22.8 Å². The zero-order valence-corrected chi connectivity index (χ0v) is 12.7. The minimum absolute atomic E-state index is 0.108. The van der Waals surface area contributed by atoms with Crippen molar-refractivity contribution in [1.82, 2.24) is 10.0 Å². The molecule has 2 aliphatic rings. The number of carbonyl (C=O) groups is 1. The van der Waals surface area contributed by atoms with Gasteiger partial charge in [-0.2, -0.15) is 8.42 Å². The third kappa shape index (κ3) is 2.40. The molecule has 1 aromatic rings. The van der Waals surface area contributed by atoms with Crippen LogP contribution >= 0.6 is 0 Å². The highest BCUT2D eigenvalue weighted by Gasteiger charge is 2.38. The van der Waals surface area contributed by atoms with E-state index in [2.05, 4.69) is 5.32 Å². The fourth-order valence-electron chi connectivity index (χ4n) is 2.94. The van der Waals surface area contributed by atoms with Crippen molar-refractivity contribution >= 4 is 21.8 Å². The van der Waals surface area contributed by atoms with Crippen molar-refractivity contribution in [2.75, 3.05) is 17.4 Å². The number of benzene rings is 1. The highest BCUT2D eigenvalue weighted by Crippen LogP contribution is 2.39. The van der Waals surface area contributed by atoms with E-state index >= 15 is 0 Å². The third-order valence-corrected chi connectivity index (χ3v) is 5.36. The molecule has 0 bridgehead atoms. The highest BCUT2D eigenvalue weighted by molar-refractivity contribution is 7.92. The largest absolute Gasteiger partial charge is 0.506 e. The molecule has 0 aliphatic carbocycles. The Hall–Kier alpha value is -1.87. The number of halogens is 1. The van der Waals surface area contributed by atoms with Crippen molar-refractivity contribution in [3.05, 3.63) is 23.5 Å². The maximum atomic E-state index is 14.8. The number of phenols is 1. The molecule has 0 saturated carbocycles. The van der Waals surface area contributed by atoms with Crippen LogP contribution in [0.15, 0.2) is 12.1 Å². The molecular formula is C13H16FN3O4S. The van der Waals surface area contributed by atoms with Gasteiger partial charge in [-0.25, -0.2) is 13.4 Å². The van der Waals surface area contributed by atoms with Crippen LogP contribution in [-0.4, -0.2) is 38.6 Å². The van der Waals surface area contributed by atoms with Crippen molar-refractivity contribution in [1.29, 1.82) is 0 Å². The van der Waals surface area contributed by atoms with Gasteiger partial charge < -0.3 is 10.4 Å². The fourth-order valence-corrected chi connectivity index (χ4v) is 4.11. The van der Waals surface area contributed by atoms with Gasteiger partial charge in [0.2, 0.25) is 0 Å². The summed E-state index contributed by atoms with van der Waals surface area (Å²) < 4.78 is 40.9. The molecular weight excluding hydrogens is 313 g/mol. The van der Waals surface area contributed by atoms with E-state index in [9.17, 15) is 22.7 Å². The van der Waals surface area contributed by atoms with Gasteiger partial charge >= 0.3 is 10.2 Å². The molecule has 2 fully saturated rings. The standard InChI is InChI=1S/C13H16FN3O4S/c1-7-4-8(5-15-7)9-2-3-10(18)13(12(9)14)17-6-11(19)16-22(17,20)21/h2-3,7-8,15,18H,4-6H2,1H3,(H,16,19). The third-order valence-electron chi connectivity index (χ3n) is 3.98. The Morgan fingerprint density at radius 2 is 2.14 bits per heavy atom. The summed E-state index contributed by atoms with van der Waals surface area (Å²) >= 11 is 0. The number of aromatic hydroxyl groups is 1. The van der Waals surface area contributed by atoms with E-state index in [0.717, 1.165) is 0 Å². The minimum Gasteiger partial charge on any atom is -0.506 e. The molecule has 1 aromatic carbocycles. The summed E-state index contributed by atoms with van der Waals surface area (Å²) in [5, 5.41) is 13.1. The fraction of sp³-hybridized carbons (Fsp3) is 0.462. The number of nitrogens with zero attached hydrogens (tertiary/aromatic N) is 1. The molecule has 120 valence electrons. The van der Waals surface area contributed by atoms with Crippen LogP contribution in [-0.2, 0) is 15.0 Å². The number of hydrogen-bond donors (Lipinski definition) is 3. The summed E-state index contributed by atoms with van der Waals surface area (Å²) in [7, 11) is -4.17. The van der Waals surface area contributed by atoms with E-state index in [4.69, 9.17) is 0 Å². The Balaban J connectivity index is 2.07. The Kier molecular flexibility index (Phi) is 3.48. The van der Waals surface area contributed by atoms with E-state index in [1.807, 2.05) is 6.92 Å². The van der Waals surface area contributed by atoms with Gasteiger partial charge in [-0.3, -0.25) is 4.79 Å². The van der Waals surface area contributed by atoms with Crippen LogP contribution in [0.3, 0.4) is 0 Å². The maximum Gasteiger partial charge on any atom is 0.326 e. The second-order valence-corrected chi connectivity index (χ2v) is 7.21. The molecule has 0 radical (unpaired) electrons. The molecule has 2 atom stereocenters. The maximum absolute atomic E-state index is 14.8. The smallest absolute Gasteiger partial charge is 0.326 e. The monoisotopic (exact) mass is 329 g/mol. The van der Waals surface area contributed by atoms with Crippen LogP contribution in [0, 0.1) is 5.82 Å². The Morgan fingerprint density at radius 3 is 2.68 bits per heavy atom. The average molecular weight is 329 g/mol. The number of rotatable bonds is 2. The Bertz CT molecular complexity index is 737. The molecule has 0 spiro atoms. The van der Waals surface area contributed by atoms with Crippen LogP contribution in [0.5, 0.6) is 5.75 Å². The van der Waals surface area contributed by atoms with Crippen LogP contribution in [0.4, 0.5) is 10.1 Å². The molecule has 9 heteroatoms. The molecule has 2 saturated heterocycles. The topological polar surface area (TPSA) is 98.7 Å². The van der Waals surface area contributed by atoms with Crippen LogP contribution in [0.2, 0.25) is 0 Å². The van der Waals surface area contributed by atoms with Crippen molar-refractivity contribution in [2.24, 2.45) is 0 Å². The van der Waals surface area contributed by atoms with Gasteiger partial charge in [0, 0.05) is 18.5 Å². The first-order valence-electron chi connectivity index (χ1n) is 6.87. The van der Waals surface area contributed by atoms with Gasteiger partial charge in [-0.05, 0) is 25.0 Å². The number of amides is 1. The second kappa shape index (κ2) is 5.10. The number of nitrogens with one attached hydrogen (secondary N) is 2. The molecule has 1 amide bonds. The van der Waals surface area contributed by atoms with Gasteiger partial charge in [0.25, 0.3) is 5.91 Å². The van der Waals surface area contributed by atoms with Gasteiger partial charge in [-0.1, -0.05) is 6.07 Å². The lowest BCUT2D eigenvalue weighted by atomic mass is 9.95. The predicted octanol–water partition coefficient (Wildman–Crippen LogP) is 0.178. The molecule has 22 heavy (non-hydrogen) atoms. The average Bonchev–Trinajstić information content (AvgIpc) is 2.93. The molecule has 2 aliphatic heterocycles. The number of phenolic OH excluding ortho intramolecular Hbond substituents is 1. The molecule has 3 rings (SSSR count). The molecule has 7 nitrogen and oxygen atoms in total. The normalized spacial score (nSPS) is 27.2. The van der Waals surface area contributed by atoms with E-state index in [1.54, 1.807) is 4.72 Å². The number of hydrogen-bond acceptors (Lipinski definition) is 5.